The number of fused-ring (bicyclic) bond motifs is 1. The highest BCUT2D eigenvalue weighted by molar-refractivity contribution is 5.87. The Bertz CT molecular complexity index is 1110. The molecule has 1 unspecified atom stereocenters. The Morgan fingerprint density at radius 3 is 2.50 bits per heavy atom. The SMILES string of the molecule is Cc1ccc(CC(=O)C2CC23CCC(c2ccnc4cc(F)c(F)cc24)CC3)cc1. The van der Waals surface area contributed by atoms with Gasteiger partial charge in [-0.2, -0.15) is 0 Å². The average Bonchev–Trinajstić information content (AvgIpc) is 3.44. The summed E-state index contributed by atoms with van der Waals surface area (Å²) in [5.41, 5.74) is 4.03. The van der Waals surface area contributed by atoms with Gasteiger partial charge in [-0.05, 0) is 73.6 Å². The quantitative estimate of drug-likeness (QED) is 0.510. The molecule has 0 N–H and O–H groups in total. The van der Waals surface area contributed by atoms with Crippen LogP contribution in [0.25, 0.3) is 10.9 Å². The van der Waals surface area contributed by atoms with Gasteiger partial charge in [0.2, 0.25) is 0 Å². The topological polar surface area (TPSA) is 30.0 Å². The Morgan fingerprint density at radius 2 is 1.77 bits per heavy atom. The number of aryl methyl sites for hydroxylation is 1. The molecule has 3 aromatic rings. The summed E-state index contributed by atoms with van der Waals surface area (Å²) in [6.45, 7) is 2.05. The summed E-state index contributed by atoms with van der Waals surface area (Å²) in [5, 5.41) is 0.708. The molecule has 4 heteroatoms. The first-order chi connectivity index (χ1) is 14.4. The van der Waals surface area contributed by atoms with Gasteiger partial charge >= 0.3 is 0 Å². The number of nitrogens with zero attached hydrogens (tertiary/aromatic N) is 1. The van der Waals surface area contributed by atoms with Crippen LogP contribution in [0.3, 0.4) is 0 Å². The van der Waals surface area contributed by atoms with Crippen LogP contribution in [0.2, 0.25) is 0 Å². The van der Waals surface area contributed by atoms with Gasteiger partial charge in [0.1, 0.15) is 5.78 Å². The Hall–Kier alpha value is -2.62. The van der Waals surface area contributed by atoms with E-state index in [0.29, 0.717) is 29.0 Å². The lowest BCUT2D eigenvalue weighted by molar-refractivity contribution is -0.120. The summed E-state index contributed by atoms with van der Waals surface area (Å²) in [6.07, 6.45) is 7.21. The zero-order valence-corrected chi connectivity index (χ0v) is 17.1. The molecule has 2 fully saturated rings. The predicted molar refractivity (Wildman–Crippen MR) is 113 cm³/mol. The van der Waals surface area contributed by atoms with E-state index in [1.807, 2.05) is 6.07 Å². The van der Waals surface area contributed by atoms with Crippen molar-refractivity contribution in [3.8, 4) is 0 Å². The number of halogens is 2. The van der Waals surface area contributed by atoms with Crippen LogP contribution in [-0.4, -0.2) is 10.8 Å². The van der Waals surface area contributed by atoms with Gasteiger partial charge < -0.3 is 0 Å². The molecule has 2 aromatic carbocycles. The van der Waals surface area contributed by atoms with Gasteiger partial charge in [0.15, 0.2) is 11.6 Å². The minimum absolute atomic E-state index is 0.165. The maximum Gasteiger partial charge on any atom is 0.161 e. The fourth-order valence-corrected chi connectivity index (χ4v) is 5.41. The Labute approximate surface area is 175 Å². The number of hydrogen-bond donors (Lipinski definition) is 0. The van der Waals surface area contributed by atoms with Gasteiger partial charge in [-0.25, -0.2) is 8.78 Å². The third kappa shape index (κ3) is 3.42. The number of rotatable bonds is 4. The molecule has 1 heterocycles. The third-order valence-corrected chi connectivity index (χ3v) is 7.32. The predicted octanol–water partition coefficient (Wildman–Crippen LogP) is 6.30. The van der Waals surface area contributed by atoms with Crippen molar-refractivity contribution >= 4 is 16.7 Å². The molecular formula is C26H25F2NO. The van der Waals surface area contributed by atoms with Crippen molar-refractivity contribution in [2.45, 2.75) is 51.4 Å². The largest absolute Gasteiger partial charge is 0.299 e. The van der Waals surface area contributed by atoms with Gasteiger partial charge in [-0.15, -0.1) is 0 Å². The summed E-state index contributed by atoms with van der Waals surface area (Å²) in [7, 11) is 0. The van der Waals surface area contributed by atoms with Crippen molar-refractivity contribution in [1.82, 2.24) is 4.98 Å². The first-order valence-electron chi connectivity index (χ1n) is 10.8. The van der Waals surface area contributed by atoms with Crippen molar-refractivity contribution in [2.75, 3.05) is 0 Å². The van der Waals surface area contributed by atoms with E-state index in [1.54, 1.807) is 6.20 Å². The Kier molecular flexibility index (Phi) is 4.68. The summed E-state index contributed by atoms with van der Waals surface area (Å²) in [4.78, 5) is 17.1. The maximum atomic E-state index is 13.8. The highest BCUT2D eigenvalue weighted by Crippen LogP contribution is 2.63. The molecule has 1 aromatic heterocycles. The first kappa shape index (κ1) is 19.3. The summed E-state index contributed by atoms with van der Waals surface area (Å²) in [6, 6.07) is 12.6. The molecule has 154 valence electrons. The lowest BCUT2D eigenvalue weighted by Crippen LogP contribution is -2.20. The molecule has 1 spiro atoms. The highest BCUT2D eigenvalue weighted by Gasteiger charge is 2.57. The molecule has 0 saturated heterocycles. The molecule has 2 aliphatic rings. The van der Waals surface area contributed by atoms with Crippen LogP contribution >= 0.6 is 0 Å². The molecule has 5 rings (SSSR count). The van der Waals surface area contributed by atoms with Crippen LogP contribution in [0, 0.1) is 29.9 Å². The minimum atomic E-state index is -0.859. The smallest absolute Gasteiger partial charge is 0.161 e. The van der Waals surface area contributed by atoms with E-state index in [0.717, 1.165) is 43.2 Å². The monoisotopic (exact) mass is 405 g/mol. The molecule has 30 heavy (non-hydrogen) atoms. The number of pyridine rings is 1. The van der Waals surface area contributed by atoms with Crippen LogP contribution in [0.1, 0.15) is 54.7 Å². The van der Waals surface area contributed by atoms with Gasteiger partial charge in [0.25, 0.3) is 0 Å². The second-order valence-electron chi connectivity index (χ2n) is 9.21. The standard InChI is InChI=1S/C26H25F2NO/c1-16-2-4-17(5-3-16)12-25(30)21-15-26(21)9-6-18(7-10-26)19-8-11-29-24-14-23(28)22(27)13-20(19)24/h2-5,8,11,13-14,18,21H,6-7,9-10,12,15H2,1H3. The lowest BCUT2D eigenvalue weighted by atomic mass is 9.74. The minimum Gasteiger partial charge on any atom is -0.299 e. The average molecular weight is 405 g/mol. The molecule has 0 radical (unpaired) electrons. The Morgan fingerprint density at radius 1 is 1.07 bits per heavy atom. The number of ketones is 1. The van der Waals surface area contributed by atoms with Gasteiger partial charge in [0.05, 0.1) is 5.52 Å². The van der Waals surface area contributed by atoms with Crippen molar-refractivity contribution in [3.63, 3.8) is 0 Å². The summed E-state index contributed by atoms with van der Waals surface area (Å²) >= 11 is 0. The highest BCUT2D eigenvalue weighted by atomic mass is 19.2. The molecule has 2 nitrogen and oxygen atoms in total. The number of aromatic nitrogens is 1. The van der Waals surface area contributed by atoms with Gasteiger partial charge in [0, 0.05) is 30.0 Å². The molecule has 2 saturated carbocycles. The fraction of sp³-hybridized carbons (Fsp3) is 0.385. The third-order valence-electron chi connectivity index (χ3n) is 7.32. The second-order valence-corrected chi connectivity index (χ2v) is 9.21. The molecule has 0 aliphatic heterocycles. The van der Waals surface area contributed by atoms with Crippen molar-refractivity contribution in [1.29, 1.82) is 0 Å². The second kappa shape index (κ2) is 7.26. The van der Waals surface area contributed by atoms with Crippen LogP contribution in [0.4, 0.5) is 8.78 Å². The van der Waals surface area contributed by atoms with E-state index in [2.05, 4.69) is 36.2 Å². The van der Waals surface area contributed by atoms with Crippen LogP contribution < -0.4 is 0 Å². The van der Waals surface area contributed by atoms with E-state index in [9.17, 15) is 13.6 Å². The number of carbonyl (C=O) groups excluding carboxylic acids is 1. The van der Waals surface area contributed by atoms with Crippen molar-refractivity contribution < 1.29 is 13.6 Å². The first-order valence-corrected chi connectivity index (χ1v) is 10.8. The molecule has 1 atom stereocenters. The number of Topliss-reactive ketones (excluding diaryl/α,β-unsaturated/α-hetero) is 1. The number of benzene rings is 2. The zero-order chi connectivity index (χ0) is 20.9. The zero-order valence-electron chi connectivity index (χ0n) is 17.1. The van der Waals surface area contributed by atoms with E-state index in [1.165, 1.54) is 17.7 Å². The summed E-state index contributed by atoms with van der Waals surface area (Å²) < 4.78 is 27.4. The van der Waals surface area contributed by atoms with E-state index in [4.69, 9.17) is 0 Å². The molecule has 2 aliphatic carbocycles. The fourth-order valence-electron chi connectivity index (χ4n) is 5.41. The van der Waals surface area contributed by atoms with Crippen LogP contribution in [0.15, 0.2) is 48.7 Å². The number of carbonyl (C=O) groups is 1. The summed E-state index contributed by atoms with van der Waals surface area (Å²) in [5.74, 6) is -0.834. The lowest BCUT2D eigenvalue weighted by Gasteiger charge is -2.30. The molecule has 0 bridgehead atoms. The normalized spacial score (nSPS) is 25.6. The van der Waals surface area contributed by atoms with Crippen molar-refractivity contribution in [2.24, 2.45) is 11.3 Å². The van der Waals surface area contributed by atoms with Gasteiger partial charge in [-0.1, -0.05) is 29.8 Å². The van der Waals surface area contributed by atoms with E-state index >= 15 is 0 Å². The van der Waals surface area contributed by atoms with E-state index in [-0.39, 0.29) is 11.3 Å². The Balaban J connectivity index is 1.27. The van der Waals surface area contributed by atoms with Crippen LogP contribution in [-0.2, 0) is 11.2 Å². The number of hydrogen-bond acceptors (Lipinski definition) is 2. The van der Waals surface area contributed by atoms with Crippen LogP contribution in [0.5, 0.6) is 0 Å². The molecular weight excluding hydrogens is 380 g/mol. The maximum absolute atomic E-state index is 13.8. The van der Waals surface area contributed by atoms with Crippen molar-refractivity contribution in [3.05, 3.63) is 77.0 Å². The van der Waals surface area contributed by atoms with E-state index < -0.39 is 11.6 Å². The van der Waals surface area contributed by atoms with Gasteiger partial charge in [-0.3, -0.25) is 9.78 Å². The molecule has 0 amide bonds.